The molecule has 1 unspecified atom stereocenters. The molecule has 1 atom stereocenters. The van der Waals surface area contributed by atoms with E-state index in [1.54, 1.807) is 6.07 Å². The lowest BCUT2D eigenvalue weighted by Crippen LogP contribution is -2.40. The van der Waals surface area contributed by atoms with Gasteiger partial charge in [-0.1, -0.05) is 13.8 Å². The van der Waals surface area contributed by atoms with Crippen LogP contribution >= 0.6 is 0 Å². The molecule has 1 aromatic rings. The van der Waals surface area contributed by atoms with Crippen molar-refractivity contribution in [2.24, 2.45) is 11.8 Å². The van der Waals surface area contributed by atoms with Gasteiger partial charge in [-0.2, -0.15) is 0 Å². The molecular weight excluding hydrogens is 359 g/mol. The van der Waals surface area contributed by atoms with E-state index in [2.05, 4.69) is 19.2 Å². The maximum absolute atomic E-state index is 13.7. The molecule has 2 aliphatic heterocycles. The number of ether oxygens (including phenoxy) is 2. The van der Waals surface area contributed by atoms with Crippen LogP contribution in [-0.2, 0) is 9.53 Å². The van der Waals surface area contributed by atoms with E-state index < -0.39 is 0 Å². The van der Waals surface area contributed by atoms with Crippen molar-refractivity contribution < 1.29 is 18.7 Å². The number of piperidine rings is 1. The Kier molecular flexibility index (Phi) is 7.54. The minimum atomic E-state index is -0.277. The van der Waals surface area contributed by atoms with E-state index in [0.29, 0.717) is 36.3 Å². The van der Waals surface area contributed by atoms with Gasteiger partial charge in [-0.3, -0.25) is 4.79 Å². The second-order valence-corrected chi connectivity index (χ2v) is 8.39. The fourth-order valence-electron chi connectivity index (χ4n) is 3.84. The maximum atomic E-state index is 13.7. The first-order chi connectivity index (χ1) is 13.5. The number of benzene rings is 1. The average Bonchev–Trinajstić information content (AvgIpc) is 3.19. The molecule has 0 radical (unpaired) electrons. The molecular formula is C22H33FN2O3. The summed E-state index contributed by atoms with van der Waals surface area (Å²) in [6.07, 6.45) is 4.78. The minimum Gasteiger partial charge on any atom is -0.489 e. The molecule has 0 aliphatic carbocycles. The molecule has 0 saturated carbocycles. The monoisotopic (exact) mass is 392 g/mol. The van der Waals surface area contributed by atoms with E-state index in [4.69, 9.17) is 9.47 Å². The van der Waals surface area contributed by atoms with Crippen LogP contribution in [0.15, 0.2) is 18.2 Å². The number of nitrogens with zero attached hydrogens (tertiary/aromatic N) is 1. The van der Waals surface area contributed by atoms with Crippen LogP contribution in [0, 0.1) is 17.7 Å². The van der Waals surface area contributed by atoms with Gasteiger partial charge in [0.25, 0.3) is 0 Å². The minimum absolute atomic E-state index is 0.130. The molecule has 28 heavy (non-hydrogen) atoms. The average molecular weight is 393 g/mol. The molecule has 0 aromatic heterocycles. The van der Waals surface area contributed by atoms with Gasteiger partial charge in [0.15, 0.2) is 0 Å². The Balaban J connectivity index is 1.47. The Morgan fingerprint density at radius 2 is 2.11 bits per heavy atom. The van der Waals surface area contributed by atoms with Gasteiger partial charge < -0.3 is 19.7 Å². The standard InChI is InChI=1S/C22H33FN2O3/c1-16(2)12-22(26)25-9-7-17(8-10-25)14-24-20-13-18(23)5-6-21(20)28-15-19-4-3-11-27-19/h5-6,13,16-17,19,24H,3-4,7-12,14-15H2,1-2H3. The van der Waals surface area contributed by atoms with Crippen molar-refractivity contribution in [2.75, 3.05) is 38.2 Å². The topological polar surface area (TPSA) is 50.8 Å². The van der Waals surface area contributed by atoms with Crippen LogP contribution in [0.2, 0.25) is 0 Å². The zero-order valence-corrected chi connectivity index (χ0v) is 17.1. The molecule has 1 N–H and O–H groups in total. The smallest absolute Gasteiger partial charge is 0.222 e. The van der Waals surface area contributed by atoms with Gasteiger partial charge in [0.1, 0.15) is 18.2 Å². The maximum Gasteiger partial charge on any atom is 0.222 e. The number of amides is 1. The van der Waals surface area contributed by atoms with Crippen molar-refractivity contribution in [1.29, 1.82) is 0 Å². The lowest BCUT2D eigenvalue weighted by molar-refractivity contribution is -0.133. The van der Waals surface area contributed by atoms with E-state index >= 15 is 0 Å². The Morgan fingerprint density at radius 3 is 2.79 bits per heavy atom. The Labute approximate surface area is 167 Å². The molecule has 156 valence electrons. The van der Waals surface area contributed by atoms with Crippen molar-refractivity contribution >= 4 is 11.6 Å². The summed E-state index contributed by atoms with van der Waals surface area (Å²) in [5, 5.41) is 3.37. The van der Waals surface area contributed by atoms with Gasteiger partial charge >= 0.3 is 0 Å². The summed E-state index contributed by atoms with van der Waals surface area (Å²) < 4.78 is 25.2. The second-order valence-electron chi connectivity index (χ2n) is 8.39. The quantitative estimate of drug-likeness (QED) is 0.724. The van der Waals surface area contributed by atoms with E-state index in [9.17, 15) is 9.18 Å². The predicted octanol–water partition coefficient (Wildman–Crippen LogP) is 4.08. The molecule has 3 rings (SSSR count). The number of anilines is 1. The van der Waals surface area contributed by atoms with Crippen LogP contribution in [0.5, 0.6) is 5.75 Å². The lowest BCUT2D eigenvalue weighted by atomic mass is 9.96. The van der Waals surface area contributed by atoms with Gasteiger partial charge in [-0.05, 0) is 49.7 Å². The Bertz CT molecular complexity index is 639. The zero-order valence-electron chi connectivity index (χ0n) is 17.1. The number of likely N-dealkylation sites (tertiary alicyclic amines) is 1. The molecule has 1 amide bonds. The fourth-order valence-corrected chi connectivity index (χ4v) is 3.84. The third kappa shape index (κ3) is 6.09. The molecule has 6 heteroatoms. The van der Waals surface area contributed by atoms with E-state index in [1.165, 1.54) is 12.1 Å². The number of rotatable bonds is 8. The summed E-state index contributed by atoms with van der Waals surface area (Å²) in [6, 6.07) is 4.60. The highest BCUT2D eigenvalue weighted by Gasteiger charge is 2.23. The first-order valence-corrected chi connectivity index (χ1v) is 10.6. The molecule has 5 nitrogen and oxygen atoms in total. The molecule has 1 aromatic carbocycles. The molecule has 2 heterocycles. The number of carbonyl (C=O) groups excluding carboxylic acids is 1. The van der Waals surface area contributed by atoms with Crippen LogP contribution in [0.4, 0.5) is 10.1 Å². The van der Waals surface area contributed by atoms with Crippen LogP contribution in [0.1, 0.15) is 46.0 Å². The molecule has 2 saturated heterocycles. The van der Waals surface area contributed by atoms with Crippen LogP contribution in [0.25, 0.3) is 0 Å². The highest BCUT2D eigenvalue weighted by atomic mass is 19.1. The van der Waals surface area contributed by atoms with Crippen molar-refractivity contribution in [3.63, 3.8) is 0 Å². The largest absolute Gasteiger partial charge is 0.489 e. The summed E-state index contributed by atoms with van der Waals surface area (Å²) in [7, 11) is 0. The van der Waals surface area contributed by atoms with Gasteiger partial charge in [0.05, 0.1) is 11.8 Å². The van der Waals surface area contributed by atoms with Crippen LogP contribution in [-0.4, -0.2) is 49.8 Å². The summed E-state index contributed by atoms with van der Waals surface area (Å²) in [5.41, 5.74) is 0.691. The lowest BCUT2D eigenvalue weighted by Gasteiger charge is -2.32. The number of halogens is 1. The number of hydrogen-bond donors (Lipinski definition) is 1. The Hall–Kier alpha value is -1.82. The Morgan fingerprint density at radius 1 is 1.32 bits per heavy atom. The second kappa shape index (κ2) is 10.1. The summed E-state index contributed by atoms with van der Waals surface area (Å²) in [5.74, 6) is 1.52. The summed E-state index contributed by atoms with van der Waals surface area (Å²) in [6.45, 7) is 7.81. The third-order valence-corrected chi connectivity index (χ3v) is 5.52. The first kappa shape index (κ1) is 20.9. The van der Waals surface area contributed by atoms with Crippen molar-refractivity contribution in [3.8, 4) is 5.75 Å². The van der Waals surface area contributed by atoms with Gasteiger partial charge in [-0.15, -0.1) is 0 Å². The predicted molar refractivity (Wildman–Crippen MR) is 108 cm³/mol. The SMILES string of the molecule is CC(C)CC(=O)N1CCC(CNc2cc(F)ccc2OCC2CCCO2)CC1. The fraction of sp³-hybridized carbons (Fsp3) is 0.682. The third-order valence-electron chi connectivity index (χ3n) is 5.52. The zero-order chi connectivity index (χ0) is 19.9. The highest BCUT2D eigenvalue weighted by Crippen LogP contribution is 2.28. The van der Waals surface area contributed by atoms with E-state index in [-0.39, 0.29) is 17.8 Å². The van der Waals surface area contributed by atoms with Gasteiger partial charge in [0.2, 0.25) is 5.91 Å². The van der Waals surface area contributed by atoms with Crippen LogP contribution < -0.4 is 10.1 Å². The number of nitrogens with one attached hydrogen (secondary N) is 1. The normalized spacial score (nSPS) is 20.6. The number of carbonyl (C=O) groups is 1. The molecule has 2 fully saturated rings. The molecule has 0 bridgehead atoms. The molecule has 0 spiro atoms. The van der Waals surface area contributed by atoms with E-state index in [1.807, 2.05) is 4.90 Å². The number of hydrogen-bond acceptors (Lipinski definition) is 4. The summed E-state index contributed by atoms with van der Waals surface area (Å²) in [4.78, 5) is 14.2. The summed E-state index contributed by atoms with van der Waals surface area (Å²) >= 11 is 0. The van der Waals surface area contributed by atoms with Gasteiger partial charge in [0, 0.05) is 38.7 Å². The van der Waals surface area contributed by atoms with Gasteiger partial charge in [-0.25, -0.2) is 4.39 Å². The van der Waals surface area contributed by atoms with Crippen molar-refractivity contribution in [3.05, 3.63) is 24.0 Å². The van der Waals surface area contributed by atoms with Crippen LogP contribution in [0.3, 0.4) is 0 Å². The van der Waals surface area contributed by atoms with Crippen molar-refractivity contribution in [1.82, 2.24) is 4.90 Å². The first-order valence-electron chi connectivity index (χ1n) is 10.6. The molecule has 2 aliphatic rings. The van der Waals surface area contributed by atoms with Crippen molar-refractivity contribution in [2.45, 2.75) is 52.1 Å². The highest BCUT2D eigenvalue weighted by molar-refractivity contribution is 5.76. The van der Waals surface area contributed by atoms with E-state index in [0.717, 1.165) is 51.9 Å².